The molecule has 2 rings (SSSR count). The van der Waals surface area contributed by atoms with Crippen molar-refractivity contribution in [3.05, 3.63) is 35.4 Å². The number of benzene rings is 1. The summed E-state index contributed by atoms with van der Waals surface area (Å²) in [5, 5.41) is 3.69. The quantitative estimate of drug-likeness (QED) is 0.895. The Morgan fingerprint density at radius 1 is 1.25 bits per heavy atom. The lowest BCUT2D eigenvalue weighted by Crippen LogP contribution is -2.56. The number of hydrogen-bond donors (Lipinski definition) is 1. The first kappa shape index (κ1) is 15.5. The fourth-order valence-electron chi connectivity index (χ4n) is 3.18. The van der Waals surface area contributed by atoms with Gasteiger partial charge in [0.15, 0.2) is 0 Å². The van der Waals surface area contributed by atoms with Crippen molar-refractivity contribution in [1.82, 2.24) is 10.2 Å². The number of nitrogens with one attached hydrogen (secondary N) is 1. The van der Waals surface area contributed by atoms with Crippen LogP contribution in [0, 0.1) is 6.92 Å². The first-order valence-electron chi connectivity index (χ1n) is 7.69. The molecule has 1 atom stereocenters. The molecule has 0 spiro atoms. The molecule has 1 aromatic carbocycles. The minimum Gasteiger partial charge on any atom is -0.379 e. The van der Waals surface area contributed by atoms with E-state index >= 15 is 0 Å². The topological polar surface area (TPSA) is 24.5 Å². The van der Waals surface area contributed by atoms with Gasteiger partial charge in [-0.05, 0) is 38.4 Å². The number of rotatable bonds is 5. The van der Waals surface area contributed by atoms with Crippen molar-refractivity contribution in [2.45, 2.75) is 39.3 Å². The second kappa shape index (κ2) is 6.70. The number of hydrogen-bond acceptors (Lipinski definition) is 3. The Morgan fingerprint density at radius 3 is 2.50 bits per heavy atom. The van der Waals surface area contributed by atoms with Gasteiger partial charge in [0.1, 0.15) is 0 Å². The van der Waals surface area contributed by atoms with Crippen LogP contribution < -0.4 is 5.32 Å². The van der Waals surface area contributed by atoms with Gasteiger partial charge in [-0.1, -0.05) is 31.2 Å². The normalized spacial score (nSPS) is 19.0. The highest BCUT2D eigenvalue weighted by atomic mass is 16.5. The second-order valence-corrected chi connectivity index (χ2v) is 6.10. The van der Waals surface area contributed by atoms with Gasteiger partial charge in [0.2, 0.25) is 0 Å². The summed E-state index contributed by atoms with van der Waals surface area (Å²) < 4.78 is 5.50. The lowest BCUT2D eigenvalue weighted by Gasteiger charge is -2.46. The molecular weight excluding hydrogens is 248 g/mol. The molecule has 0 saturated carbocycles. The third-order valence-electron chi connectivity index (χ3n) is 4.44. The van der Waals surface area contributed by atoms with Crippen LogP contribution in [0.1, 0.15) is 37.9 Å². The molecule has 0 aliphatic carbocycles. The van der Waals surface area contributed by atoms with Crippen LogP contribution in [0.25, 0.3) is 0 Å². The van der Waals surface area contributed by atoms with Gasteiger partial charge in [-0.15, -0.1) is 0 Å². The molecule has 1 aliphatic rings. The first-order valence-corrected chi connectivity index (χ1v) is 7.69. The molecule has 1 N–H and O–H groups in total. The minimum absolute atomic E-state index is 0.0753. The SMILES string of the molecule is CCNC(c1ccccc1C)C(C)(C)N1CCOCC1. The number of aryl methyl sites for hydroxylation is 1. The average molecular weight is 276 g/mol. The molecule has 1 aliphatic heterocycles. The van der Waals surface area contributed by atoms with Crippen LogP contribution in [0.3, 0.4) is 0 Å². The second-order valence-electron chi connectivity index (χ2n) is 6.10. The maximum Gasteiger partial charge on any atom is 0.0594 e. The van der Waals surface area contributed by atoms with E-state index in [0.717, 1.165) is 32.8 Å². The summed E-state index contributed by atoms with van der Waals surface area (Å²) in [6.07, 6.45) is 0. The van der Waals surface area contributed by atoms with Crippen LogP contribution in [0.2, 0.25) is 0 Å². The van der Waals surface area contributed by atoms with Gasteiger partial charge in [-0.2, -0.15) is 0 Å². The van der Waals surface area contributed by atoms with Crippen molar-refractivity contribution in [3.8, 4) is 0 Å². The number of nitrogens with zero attached hydrogens (tertiary/aromatic N) is 1. The van der Waals surface area contributed by atoms with Crippen molar-refractivity contribution < 1.29 is 4.74 Å². The predicted molar refractivity (Wildman–Crippen MR) is 84.1 cm³/mol. The zero-order chi connectivity index (χ0) is 14.6. The summed E-state index contributed by atoms with van der Waals surface area (Å²) in [6, 6.07) is 9.05. The van der Waals surface area contributed by atoms with Crippen molar-refractivity contribution in [1.29, 1.82) is 0 Å². The fourth-order valence-corrected chi connectivity index (χ4v) is 3.18. The third-order valence-corrected chi connectivity index (χ3v) is 4.44. The van der Waals surface area contributed by atoms with Gasteiger partial charge in [0, 0.05) is 18.6 Å². The molecule has 1 unspecified atom stereocenters. The summed E-state index contributed by atoms with van der Waals surface area (Å²) in [7, 11) is 0. The van der Waals surface area contributed by atoms with E-state index in [0.29, 0.717) is 6.04 Å². The highest BCUT2D eigenvalue weighted by molar-refractivity contribution is 5.31. The van der Waals surface area contributed by atoms with Gasteiger partial charge in [-0.25, -0.2) is 0 Å². The summed E-state index contributed by atoms with van der Waals surface area (Å²) in [5.74, 6) is 0. The molecule has 3 nitrogen and oxygen atoms in total. The molecule has 112 valence electrons. The van der Waals surface area contributed by atoms with Crippen LogP contribution in [-0.2, 0) is 4.74 Å². The van der Waals surface area contributed by atoms with E-state index in [1.807, 2.05) is 0 Å². The molecule has 3 heteroatoms. The fraction of sp³-hybridized carbons (Fsp3) is 0.647. The monoisotopic (exact) mass is 276 g/mol. The van der Waals surface area contributed by atoms with Gasteiger partial charge in [0.05, 0.1) is 19.3 Å². The maximum absolute atomic E-state index is 5.50. The lowest BCUT2D eigenvalue weighted by molar-refractivity contribution is -0.0237. The Hall–Kier alpha value is -0.900. The minimum atomic E-state index is 0.0753. The average Bonchev–Trinajstić information content (AvgIpc) is 2.46. The molecule has 0 radical (unpaired) electrons. The Morgan fingerprint density at radius 2 is 1.90 bits per heavy atom. The van der Waals surface area contributed by atoms with Crippen molar-refractivity contribution in [2.75, 3.05) is 32.8 Å². The number of ether oxygens (including phenoxy) is 1. The van der Waals surface area contributed by atoms with Gasteiger partial charge in [-0.3, -0.25) is 4.90 Å². The van der Waals surface area contributed by atoms with Crippen molar-refractivity contribution in [3.63, 3.8) is 0 Å². The maximum atomic E-state index is 5.50. The third kappa shape index (κ3) is 3.22. The van der Waals surface area contributed by atoms with Crippen molar-refractivity contribution >= 4 is 0 Å². The predicted octanol–water partition coefficient (Wildman–Crippen LogP) is 2.76. The molecule has 1 aromatic rings. The summed E-state index contributed by atoms with van der Waals surface area (Å²) in [6.45, 7) is 13.8. The molecule has 1 heterocycles. The highest BCUT2D eigenvalue weighted by Crippen LogP contribution is 2.33. The van der Waals surface area contributed by atoms with E-state index in [2.05, 4.69) is 62.2 Å². The first-order chi connectivity index (χ1) is 9.57. The van der Waals surface area contributed by atoms with Crippen LogP contribution in [-0.4, -0.2) is 43.3 Å². The van der Waals surface area contributed by atoms with E-state index in [-0.39, 0.29) is 5.54 Å². The Bertz CT molecular complexity index is 425. The number of likely N-dealkylation sites (N-methyl/N-ethyl adjacent to an activating group) is 1. The number of morpholine rings is 1. The Balaban J connectivity index is 2.29. The Labute approximate surface area is 123 Å². The molecule has 20 heavy (non-hydrogen) atoms. The highest BCUT2D eigenvalue weighted by Gasteiger charge is 2.37. The van der Waals surface area contributed by atoms with Crippen molar-refractivity contribution in [2.24, 2.45) is 0 Å². The smallest absolute Gasteiger partial charge is 0.0594 e. The van der Waals surface area contributed by atoms with Gasteiger partial charge < -0.3 is 10.1 Å². The molecule has 0 amide bonds. The Kier molecular flexibility index (Phi) is 5.19. The van der Waals surface area contributed by atoms with Crippen LogP contribution in [0.5, 0.6) is 0 Å². The van der Waals surface area contributed by atoms with E-state index < -0.39 is 0 Å². The van der Waals surface area contributed by atoms with Crippen LogP contribution in [0.4, 0.5) is 0 Å². The molecular formula is C17H28N2O. The van der Waals surface area contributed by atoms with Gasteiger partial charge >= 0.3 is 0 Å². The molecule has 1 fully saturated rings. The zero-order valence-electron chi connectivity index (χ0n) is 13.3. The summed E-state index contributed by atoms with van der Waals surface area (Å²) in [5.41, 5.74) is 2.84. The van der Waals surface area contributed by atoms with Crippen LogP contribution >= 0.6 is 0 Å². The van der Waals surface area contributed by atoms with Crippen LogP contribution in [0.15, 0.2) is 24.3 Å². The van der Waals surface area contributed by atoms with E-state index in [4.69, 9.17) is 4.74 Å². The molecule has 1 saturated heterocycles. The largest absolute Gasteiger partial charge is 0.379 e. The zero-order valence-corrected chi connectivity index (χ0v) is 13.3. The van der Waals surface area contributed by atoms with E-state index in [1.54, 1.807) is 0 Å². The standard InChI is InChI=1S/C17H28N2O/c1-5-18-16(15-9-7-6-8-14(15)2)17(3,4)19-10-12-20-13-11-19/h6-9,16,18H,5,10-13H2,1-4H3. The summed E-state index contributed by atoms with van der Waals surface area (Å²) >= 11 is 0. The summed E-state index contributed by atoms with van der Waals surface area (Å²) in [4.78, 5) is 2.55. The molecule has 0 aromatic heterocycles. The van der Waals surface area contributed by atoms with E-state index in [9.17, 15) is 0 Å². The molecule has 0 bridgehead atoms. The van der Waals surface area contributed by atoms with E-state index in [1.165, 1.54) is 11.1 Å². The lowest BCUT2D eigenvalue weighted by atomic mass is 9.84. The van der Waals surface area contributed by atoms with Gasteiger partial charge in [0.25, 0.3) is 0 Å².